The fourth-order valence-electron chi connectivity index (χ4n) is 0.981. The first kappa shape index (κ1) is 10.6. The summed E-state index contributed by atoms with van der Waals surface area (Å²) in [6.45, 7) is 0.242. The largest absolute Gasteiger partial charge is 0.506 e. The highest BCUT2D eigenvalue weighted by Gasteiger charge is 2.13. The maximum Gasteiger partial charge on any atom is 0.140 e. The summed E-state index contributed by atoms with van der Waals surface area (Å²) in [7, 11) is 0. The first-order chi connectivity index (χ1) is 6.07. The van der Waals surface area contributed by atoms with Crippen molar-refractivity contribution in [3.05, 3.63) is 27.7 Å². The lowest BCUT2D eigenvalue weighted by Gasteiger charge is -2.12. The molecular weight excluding hydrogens is 211 g/mol. The minimum absolute atomic E-state index is 0.0906. The molecule has 0 amide bonds. The maximum absolute atomic E-state index is 9.53. The molecule has 5 N–H and O–H groups in total. The number of hydrogen-bond donors (Lipinski definition) is 3. The molecule has 0 aliphatic rings. The molecule has 13 heavy (non-hydrogen) atoms. The van der Waals surface area contributed by atoms with Crippen molar-refractivity contribution in [2.45, 2.75) is 6.04 Å². The van der Waals surface area contributed by atoms with Crippen molar-refractivity contribution in [2.24, 2.45) is 11.5 Å². The van der Waals surface area contributed by atoms with E-state index in [1.807, 2.05) is 0 Å². The highest BCUT2D eigenvalue weighted by atomic mass is 35.5. The zero-order chi connectivity index (χ0) is 10.0. The monoisotopic (exact) mass is 220 g/mol. The predicted octanol–water partition coefficient (Wildman–Crippen LogP) is 1.66. The molecule has 1 aromatic rings. The molecule has 0 fully saturated rings. The van der Waals surface area contributed by atoms with Crippen LogP contribution in [0.1, 0.15) is 11.6 Å². The highest BCUT2D eigenvalue weighted by Crippen LogP contribution is 2.35. The second kappa shape index (κ2) is 4.15. The molecular formula is C8H10Cl2N2O. The Morgan fingerprint density at radius 1 is 1.38 bits per heavy atom. The van der Waals surface area contributed by atoms with Crippen molar-refractivity contribution < 1.29 is 5.11 Å². The minimum Gasteiger partial charge on any atom is -0.506 e. The van der Waals surface area contributed by atoms with Crippen molar-refractivity contribution in [3.8, 4) is 5.75 Å². The molecule has 1 atom stereocenters. The van der Waals surface area contributed by atoms with Gasteiger partial charge in [-0.3, -0.25) is 0 Å². The molecule has 72 valence electrons. The number of hydrogen-bond acceptors (Lipinski definition) is 3. The fourth-order valence-corrected chi connectivity index (χ4v) is 1.31. The van der Waals surface area contributed by atoms with Gasteiger partial charge < -0.3 is 16.6 Å². The zero-order valence-electron chi connectivity index (χ0n) is 6.80. The Labute approximate surface area is 86.2 Å². The van der Waals surface area contributed by atoms with Crippen LogP contribution in [0.5, 0.6) is 5.75 Å². The van der Waals surface area contributed by atoms with E-state index in [2.05, 4.69) is 0 Å². The van der Waals surface area contributed by atoms with Gasteiger partial charge in [0.15, 0.2) is 0 Å². The lowest BCUT2D eigenvalue weighted by molar-refractivity contribution is 0.462. The Bertz CT molecular complexity index is 317. The summed E-state index contributed by atoms with van der Waals surface area (Å²) in [5, 5.41) is 9.94. The molecule has 0 aliphatic heterocycles. The second-order valence-corrected chi connectivity index (χ2v) is 3.43. The molecule has 0 bridgehead atoms. The van der Waals surface area contributed by atoms with E-state index in [1.165, 1.54) is 0 Å². The van der Waals surface area contributed by atoms with Gasteiger partial charge in [-0.25, -0.2) is 0 Å². The molecule has 0 heterocycles. The van der Waals surface area contributed by atoms with Crippen molar-refractivity contribution in [2.75, 3.05) is 6.54 Å². The molecule has 0 saturated heterocycles. The average Bonchev–Trinajstić information content (AvgIpc) is 2.13. The van der Waals surface area contributed by atoms with Gasteiger partial charge in [-0.05, 0) is 6.07 Å². The van der Waals surface area contributed by atoms with Crippen LogP contribution in [-0.4, -0.2) is 11.7 Å². The number of nitrogens with two attached hydrogens (primary N) is 2. The van der Waals surface area contributed by atoms with Crippen LogP contribution in [0.3, 0.4) is 0 Å². The number of halogens is 2. The third kappa shape index (κ3) is 2.06. The van der Waals surface area contributed by atoms with Gasteiger partial charge in [0.2, 0.25) is 0 Å². The van der Waals surface area contributed by atoms with Crippen molar-refractivity contribution in [1.82, 2.24) is 0 Å². The summed E-state index contributed by atoms with van der Waals surface area (Å²) in [4.78, 5) is 0. The molecule has 0 aromatic heterocycles. The number of phenolic OH excluding ortho intramolecular Hbond substituents is 1. The summed E-state index contributed by atoms with van der Waals surface area (Å²) < 4.78 is 0. The van der Waals surface area contributed by atoms with Gasteiger partial charge in [0.1, 0.15) is 10.8 Å². The van der Waals surface area contributed by atoms with Crippen molar-refractivity contribution in [1.29, 1.82) is 0 Å². The van der Waals surface area contributed by atoms with Crippen LogP contribution in [0.2, 0.25) is 10.0 Å². The Morgan fingerprint density at radius 2 is 2.00 bits per heavy atom. The summed E-state index contributed by atoms with van der Waals surface area (Å²) in [6, 6.07) is 2.77. The second-order valence-electron chi connectivity index (χ2n) is 2.64. The molecule has 1 rings (SSSR count). The maximum atomic E-state index is 9.53. The van der Waals surface area contributed by atoms with Crippen molar-refractivity contribution >= 4 is 23.2 Å². The van der Waals surface area contributed by atoms with E-state index in [0.29, 0.717) is 10.6 Å². The van der Waals surface area contributed by atoms with Crippen LogP contribution in [0, 0.1) is 0 Å². The molecule has 0 saturated carbocycles. The molecule has 0 unspecified atom stereocenters. The minimum atomic E-state index is -0.422. The summed E-state index contributed by atoms with van der Waals surface area (Å²) in [5.74, 6) is -0.0906. The van der Waals surface area contributed by atoms with E-state index < -0.39 is 6.04 Å². The van der Waals surface area contributed by atoms with E-state index in [9.17, 15) is 5.11 Å². The lowest BCUT2D eigenvalue weighted by atomic mass is 10.1. The standard InChI is InChI=1S/C8H10Cl2N2O/c9-5-2-1-4(6(12)3-11)8(13)7(5)10/h1-2,6,13H,3,11-12H2/t6-/m1/s1. The average molecular weight is 221 g/mol. The smallest absolute Gasteiger partial charge is 0.140 e. The van der Waals surface area contributed by atoms with Crippen molar-refractivity contribution in [3.63, 3.8) is 0 Å². The van der Waals surface area contributed by atoms with E-state index in [4.69, 9.17) is 34.7 Å². The normalized spacial score (nSPS) is 12.9. The van der Waals surface area contributed by atoms with E-state index in [1.54, 1.807) is 12.1 Å². The summed E-state index contributed by atoms with van der Waals surface area (Å²) >= 11 is 11.4. The predicted molar refractivity (Wildman–Crippen MR) is 54.1 cm³/mol. The van der Waals surface area contributed by atoms with Crippen LogP contribution in [0.25, 0.3) is 0 Å². The number of aromatic hydroxyl groups is 1. The number of phenols is 1. The number of benzene rings is 1. The Balaban J connectivity index is 3.18. The first-order valence-electron chi connectivity index (χ1n) is 3.70. The quantitative estimate of drug-likeness (QED) is 0.710. The van der Waals surface area contributed by atoms with E-state index in [0.717, 1.165) is 0 Å². The lowest BCUT2D eigenvalue weighted by Crippen LogP contribution is -2.20. The fraction of sp³-hybridized carbons (Fsp3) is 0.250. The first-order valence-corrected chi connectivity index (χ1v) is 4.46. The van der Waals surface area contributed by atoms with Crippen LogP contribution in [0.4, 0.5) is 0 Å². The summed E-state index contributed by atoms with van der Waals surface area (Å²) in [5.41, 5.74) is 11.5. The SMILES string of the molecule is NC[C@@H](N)c1ccc(Cl)c(Cl)c1O. The molecule has 1 aromatic carbocycles. The Kier molecular flexibility index (Phi) is 3.39. The van der Waals surface area contributed by atoms with Gasteiger partial charge in [-0.2, -0.15) is 0 Å². The van der Waals surface area contributed by atoms with Gasteiger partial charge in [0, 0.05) is 18.2 Å². The molecule has 0 radical (unpaired) electrons. The van der Waals surface area contributed by atoms with Gasteiger partial charge in [0.05, 0.1) is 5.02 Å². The zero-order valence-corrected chi connectivity index (χ0v) is 8.31. The third-order valence-electron chi connectivity index (χ3n) is 1.75. The van der Waals surface area contributed by atoms with Gasteiger partial charge in [-0.1, -0.05) is 29.3 Å². The number of rotatable bonds is 2. The van der Waals surface area contributed by atoms with E-state index >= 15 is 0 Å². The van der Waals surface area contributed by atoms with Gasteiger partial charge in [-0.15, -0.1) is 0 Å². The van der Waals surface area contributed by atoms with Crippen LogP contribution >= 0.6 is 23.2 Å². The van der Waals surface area contributed by atoms with Gasteiger partial charge >= 0.3 is 0 Å². The Morgan fingerprint density at radius 3 is 2.54 bits per heavy atom. The van der Waals surface area contributed by atoms with Crippen LogP contribution in [0.15, 0.2) is 12.1 Å². The van der Waals surface area contributed by atoms with Crippen LogP contribution < -0.4 is 11.5 Å². The summed E-state index contributed by atoms with van der Waals surface area (Å²) in [6.07, 6.45) is 0. The van der Waals surface area contributed by atoms with E-state index in [-0.39, 0.29) is 17.3 Å². The molecule has 0 spiro atoms. The third-order valence-corrected chi connectivity index (χ3v) is 2.55. The van der Waals surface area contributed by atoms with Crippen LogP contribution in [-0.2, 0) is 0 Å². The molecule has 3 nitrogen and oxygen atoms in total. The molecule has 5 heteroatoms. The topological polar surface area (TPSA) is 72.3 Å². The highest BCUT2D eigenvalue weighted by molar-refractivity contribution is 6.43. The van der Waals surface area contributed by atoms with Gasteiger partial charge in [0.25, 0.3) is 0 Å². The Hall–Kier alpha value is -0.480. The molecule has 0 aliphatic carbocycles.